The lowest BCUT2D eigenvalue weighted by Gasteiger charge is -2.07. The third-order valence-corrected chi connectivity index (χ3v) is 4.00. The molecule has 3 rings (SSSR count). The maximum atomic E-state index is 12.3. The number of carbonyl (C=O) groups is 1. The first-order valence-corrected chi connectivity index (χ1v) is 7.63. The smallest absolute Gasteiger partial charge is 0.325 e. The van der Waals surface area contributed by atoms with Gasteiger partial charge in [-0.25, -0.2) is 4.79 Å². The van der Waals surface area contributed by atoms with Gasteiger partial charge in [0.1, 0.15) is 6.54 Å². The molecule has 0 spiro atoms. The molecule has 0 atom stereocenters. The molecule has 1 heterocycles. The molecular weight excluding hydrogens is 290 g/mol. The van der Waals surface area contributed by atoms with Crippen molar-refractivity contribution in [2.45, 2.75) is 19.9 Å². The van der Waals surface area contributed by atoms with Gasteiger partial charge in [0.05, 0.1) is 11.0 Å². The molecule has 1 N–H and O–H groups in total. The summed E-state index contributed by atoms with van der Waals surface area (Å²) < 4.78 is 3.05. The second-order valence-corrected chi connectivity index (χ2v) is 5.52. The minimum Gasteiger partial charge on any atom is -0.325 e. The number of benzene rings is 2. The third-order valence-electron chi connectivity index (χ3n) is 4.00. The summed E-state index contributed by atoms with van der Waals surface area (Å²) >= 11 is 0. The molecule has 1 amide bonds. The highest BCUT2D eigenvalue weighted by atomic mass is 16.2. The van der Waals surface area contributed by atoms with Gasteiger partial charge in [0.15, 0.2) is 0 Å². The Labute approximate surface area is 134 Å². The highest BCUT2D eigenvalue weighted by Gasteiger charge is 2.13. The summed E-state index contributed by atoms with van der Waals surface area (Å²) in [5.41, 5.74) is 3.34. The zero-order chi connectivity index (χ0) is 16.4. The first-order chi connectivity index (χ1) is 11.1. The van der Waals surface area contributed by atoms with E-state index in [1.54, 1.807) is 11.6 Å². The molecule has 5 nitrogen and oxygen atoms in total. The highest BCUT2D eigenvalue weighted by Crippen LogP contribution is 2.13. The van der Waals surface area contributed by atoms with Gasteiger partial charge >= 0.3 is 5.69 Å². The molecule has 0 unspecified atom stereocenters. The molecule has 0 saturated heterocycles. The summed E-state index contributed by atoms with van der Waals surface area (Å²) in [5.74, 6) is -0.215. The molecule has 0 fully saturated rings. The largest absolute Gasteiger partial charge is 0.329 e. The molecule has 3 aromatic rings. The number of nitrogens with one attached hydrogen (secondary N) is 1. The molecule has 5 heteroatoms. The van der Waals surface area contributed by atoms with Crippen LogP contribution in [0.2, 0.25) is 0 Å². The molecule has 0 radical (unpaired) electrons. The summed E-state index contributed by atoms with van der Waals surface area (Å²) in [6.45, 7) is 2.08. The molecule has 1 aromatic heterocycles. The number of para-hydroxylation sites is 2. The lowest BCUT2D eigenvalue weighted by molar-refractivity contribution is -0.116. The molecule has 23 heavy (non-hydrogen) atoms. The van der Waals surface area contributed by atoms with Crippen molar-refractivity contribution >= 4 is 22.6 Å². The van der Waals surface area contributed by atoms with Crippen molar-refractivity contribution in [1.82, 2.24) is 9.13 Å². The molecule has 0 aliphatic heterocycles. The Morgan fingerprint density at radius 2 is 1.70 bits per heavy atom. The fraction of sp³-hybridized carbons (Fsp3) is 0.222. The number of hydrogen-bond acceptors (Lipinski definition) is 2. The maximum Gasteiger partial charge on any atom is 0.329 e. The van der Waals surface area contributed by atoms with Gasteiger partial charge in [-0.3, -0.25) is 13.9 Å². The lowest BCUT2D eigenvalue weighted by Crippen LogP contribution is -2.28. The zero-order valence-corrected chi connectivity index (χ0v) is 13.2. The van der Waals surface area contributed by atoms with Crippen LogP contribution in [0.25, 0.3) is 11.0 Å². The number of aryl methyl sites for hydroxylation is 2. The number of aromatic nitrogens is 2. The second-order valence-electron chi connectivity index (χ2n) is 5.52. The van der Waals surface area contributed by atoms with Crippen LogP contribution in [0.5, 0.6) is 0 Å². The minimum atomic E-state index is -0.215. The fourth-order valence-electron chi connectivity index (χ4n) is 2.68. The Morgan fingerprint density at radius 1 is 1.04 bits per heavy atom. The van der Waals surface area contributed by atoms with E-state index < -0.39 is 0 Å². The van der Waals surface area contributed by atoms with E-state index in [0.717, 1.165) is 23.1 Å². The number of carbonyl (C=O) groups excluding carboxylic acids is 1. The topological polar surface area (TPSA) is 56.0 Å². The average Bonchev–Trinajstić information content (AvgIpc) is 2.81. The minimum absolute atomic E-state index is 0.00425. The molecule has 0 bridgehead atoms. The number of nitrogens with zero attached hydrogens (tertiary/aromatic N) is 2. The quantitative estimate of drug-likeness (QED) is 0.805. The monoisotopic (exact) mass is 309 g/mol. The van der Waals surface area contributed by atoms with E-state index in [2.05, 4.69) is 12.2 Å². The Hall–Kier alpha value is -2.82. The first-order valence-electron chi connectivity index (χ1n) is 7.63. The van der Waals surface area contributed by atoms with Crippen molar-refractivity contribution in [2.24, 2.45) is 7.05 Å². The predicted molar refractivity (Wildman–Crippen MR) is 91.6 cm³/mol. The summed E-state index contributed by atoms with van der Waals surface area (Å²) in [7, 11) is 1.71. The highest BCUT2D eigenvalue weighted by molar-refractivity contribution is 5.91. The fourth-order valence-corrected chi connectivity index (χ4v) is 2.68. The Morgan fingerprint density at radius 3 is 2.35 bits per heavy atom. The van der Waals surface area contributed by atoms with Crippen LogP contribution in [0.4, 0.5) is 5.69 Å². The number of fused-ring (bicyclic) bond motifs is 1. The lowest BCUT2D eigenvalue weighted by atomic mass is 10.1. The van der Waals surface area contributed by atoms with Crippen molar-refractivity contribution in [3.05, 3.63) is 64.6 Å². The number of imidazole rings is 1. The second kappa shape index (κ2) is 6.12. The van der Waals surface area contributed by atoms with Crippen molar-refractivity contribution in [3.8, 4) is 0 Å². The van der Waals surface area contributed by atoms with Crippen LogP contribution in [-0.2, 0) is 24.8 Å². The van der Waals surface area contributed by atoms with Crippen LogP contribution >= 0.6 is 0 Å². The zero-order valence-electron chi connectivity index (χ0n) is 13.2. The molecule has 0 aliphatic rings. The standard InChI is InChI=1S/C18H19N3O2/c1-3-13-8-10-14(11-9-13)19-17(22)12-21-16-7-5-4-6-15(16)20(2)18(21)23/h4-11H,3,12H2,1-2H3,(H,19,22). The van der Waals surface area contributed by atoms with Crippen LogP contribution in [0, 0.1) is 0 Å². The number of anilines is 1. The van der Waals surface area contributed by atoms with Crippen molar-refractivity contribution < 1.29 is 4.79 Å². The van der Waals surface area contributed by atoms with Crippen LogP contribution in [0.3, 0.4) is 0 Å². The Bertz CT molecular complexity index is 904. The van der Waals surface area contributed by atoms with Gasteiger partial charge in [-0.2, -0.15) is 0 Å². The van der Waals surface area contributed by atoms with E-state index in [-0.39, 0.29) is 18.1 Å². The molecule has 118 valence electrons. The van der Waals surface area contributed by atoms with Crippen LogP contribution in [0.1, 0.15) is 12.5 Å². The van der Waals surface area contributed by atoms with E-state index in [4.69, 9.17) is 0 Å². The van der Waals surface area contributed by atoms with E-state index >= 15 is 0 Å². The summed E-state index contributed by atoms with van der Waals surface area (Å²) in [4.78, 5) is 24.6. The van der Waals surface area contributed by atoms with Gasteiger partial charge in [-0.15, -0.1) is 0 Å². The Kier molecular flexibility index (Phi) is 4.02. The van der Waals surface area contributed by atoms with Crippen molar-refractivity contribution in [1.29, 1.82) is 0 Å². The maximum absolute atomic E-state index is 12.3. The van der Waals surface area contributed by atoms with Crippen LogP contribution in [0.15, 0.2) is 53.3 Å². The Balaban J connectivity index is 1.83. The number of rotatable bonds is 4. The molecule has 0 aliphatic carbocycles. The number of hydrogen-bond donors (Lipinski definition) is 1. The predicted octanol–water partition coefficient (Wildman–Crippen LogP) is 2.54. The van der Waals surface area contributed by atoms with Gasteiger partial charge in [0, 0.05) is 12.7 Å². The van der Waals surface area contributed by atoms with E-state index in [9.17, 15) is 9.59 Å². The van der Waals surface area contributed by atoms with Crippen molar-refractivity contribution in [3.63, 3.8) is 0 Å². The van der Waals surface area contributed by atoms with Crippen LogP contribution < -0.4 is 11.0 Å². The van der Waals surface area contributed by atoms with E-state index in [1.807, 2.05) is 48.5 Å². The van der Waals surface area contributed by atoms with Crippen LogP contribution in [-0.4, -0.2) is 15.0 Å². The van der Waals surface area contributed by atoms with Gasteiger partial charge in [-0.1, -0.05) is 31.2 Å². The average molecular weight is 309 g/mol. The van der Waals surface area contributed by atoms with E-state index in [0.29, 0.717) is 0 Å². The van der Waals surface area contributed by atoms with Gasteiger partial charge in [-0.05, 0) is 36.2 Å². The third kappa shape index (κ3) is 2.90. The van der Waals surface area contributed by atoms with Gasteiger partial charge < -0.3 is 5.32 Å². The normalized spacial score (nSPS) is 10.9. The summed E-state index contributed by atoms with van der Waals surface area (Å²) in [6, 6.07) is 15.2. The SMILES string of the molecule is CCc1ccc(NC(=O)Cn2c(=O)n(C)c3ccccc32)cc1. The van der Waals surface area contributed by atoms with Crippen molar-refractivity contribution in [2.75, 3.05) is 5.32 Å². The van der Waals surface area contributed by atoms with E-state index in [1.165, 1.54) is 10.1 Å². The summed E-state index contributed by atoms with van der Waals surface area (Å²) in [5, 5.41) is 2.83. The molecule has 0 saturated carbocycles. The summed E-state index contributed by atoms with van der Waals surface area (Å²) in [6.07, 6.45) is 0.958. The van der Waals surface area contributed by atoms with Gasteiger partial charge in [0.2, 0.25) is 5.91 Å². The molecular formula is C18H19N3O2. The number of amides is 1. The molecule has 2 aromatic carbocycles. The first kappa shape index (κ1) is 15.1. The van der Waals surface area contributed by atoms with Gasteiger partial charge in [0.25, 0.3) is 0 Å².